The molecule has 0 spiro atoms. The third-order valence-electron chi connectivity index (χ3n) is 3.04. The summed E-state index contributed by atoms with van der Waals surface area (Å²) in [5, 5.41) is 0. The van der Waals surface area contributed by atoms with Crippen molar-refractivity contribution in [2.75, 3.05) is 0 Å². The summed E-state index contributed by atoms with van der Waals surface area (Å²) < 4.78 is 5.63. The number of allylic oxidation sites excluding steroid dienone is 4. The molecule has 17 heavy (non-hydrogen) atoms. The first kappa shape index (κ1) is 14.2. The average Bonchev–Trinajstić information content (AvgIpc) is 3.08. The van der Waals surface area contributed by atoms with Gasteiger partial charge in [0, 0.05) is 0 Å². The quantitative estimate of drug-likeness (QED) is 0.300. The van der Waals surface area contributed by atoms with Crippen molar-refractivity contribution in [3.05, 3.63) is 37.0 Å². The first-order chi connectivity index (χ1) is 8.38. The highest BCUT2D eigenvalue weighted by Crippen LogP contribution is 2.30. The van der Waals surface area contributed by atoms with E-state index >= 15 is 0 Å². The number of hydrogen-bond acceptors (Lipinski definition) is 1. The highest BCUT2D eigenvalue weighted by molar-refractivity contribution is 4.97. The van der Waals surface area contributed by atoms with Crippen LogP contribution in [-0.2, 0) is 4.74 Å². The van der Waals surface area contributed by atoms with Crippen molar-refractivity contribution < 1.29 is 4.74 Å². The van der Waals surface area contributed by atoms with Crippen LogP contribution in [0.3, 0.4) is 0 Å². The molecule has 1 fully saturated rings. The van der Waals surface area contributed by atoms with Gasteiger partial charge in [0.2, 0.25) is 0 Å². The predicted octanol–water partition coefficient (Wildman–Crippen LogP) is 4.80. The summed E-state index contributed by atoms with van der Waals surface area (Å²) in [6, 6.07) is 0. The second kappa shape index (κ2) is 9.23. The van der Waals surface area contributed by atoms with Crippen LogP contribution < -0.4 is 0 Å². The van der Waals surface area contributed by atoms with E-state index < -0.39 is 0 Å². The Hall–Kier alpha value is -0.820. The second-order valence-corrected chi connectivity index (χ2v) is 4.61. The lowest BCUT2D eigenvalue weighted by Gasteiger charge is -1.93. The maximum absolute atomic E-state index is 5.63. The molecule has 1 aliphatic rings. The lowest BCUT2D eigenvalue weighted by molar-refractivity contribution is 0.359. The standard InChI is InChI=1S/C16H26O/c1-3-5-7-9-10-12-14-16-15(17-16)13-11-8-6-4-2/h4-5,7,10,12,15-16H,2-3,6,8-9,11,13-14H2,1H3/b7-5+,12-10+. The molecule has 0 aromatic heterocycles. The molecule has 0 saturated carbocycles. The van der Waals surface area contributed by atoms with E-state index in [2.05, 4.69) is 37.8 Å². The van der Waals surface area contributed by atoms with E-state index in [1.54, 1.807) is 0 Å². The summed E-state index contributed by atoms with van der Waals surface area (Å²) in [5.74, 6) is 0. The molecule has 1 saturated heterocycles. The van der Waals surface area contributed by atoms with Crippen LogP contribution in [0.15, 0.2) is 37.0 Å². The minimum atomic E-state index is 0.505. The van der Waals surface area contributed by atoms with E-state index in [1.807, 2.05) is 6.08 Å². The number of unbranched alkanes of at least 4 members (excludes halogenated alkanes) is 2. The Kier molecular flexibility index (Phi) is 7.74. The molecule has 1 nitrogen and oxygen atoms in total. The van der Waals surface area contributed by atoms with Crippen LogP contribution >= 0.6 is 0 Å². The molecule has 1 heteroatoms. The summed E-state index contributed by atoms with van der Waals surface area (Å²) >= 11 is 0. The van der Waals surface area contributed by atoms with Crippen LogP contribution in [0.1, 0.15) is 51.9 Å². The van der Waals surface area contributed by atoms with Gasteiger partial charge in [-0.1, -0.05) is 43.7 Å². The van der Waals surface area contributed by atoms with E-state index in [9.17, 15) is 0 Å². The monoisotopic (exact) mass is 234 g/mol. The highest BCUT2D eigenvalue weighted by atomic mass is 16.6. The number of epoxide rings is 1. The van der Waals surface area contributed by atoms with Crippen LogP contribution in [0.2, 0.25) is 0 Å². The zero-order chi connectivity index (χ0) is 12.3. The highest BCUT2D eigenvalue weighted by Gasteiger charge is 2.36. The zero-order valence-electron chi connectivity index (χ0n) is 11.1. The molecule has 0 bridgehead atoms. The summed E-state index contributed by atoms with van der Waals surface area (Å²) in [7, 11) is 0. The summed E-state index contributed by atoms with van der Waals surface area (Å²) in [4.78, 5) is 0. The Morgan fingerprint density at radius 1 is 1.06 bits per heavy atom. The Morgan fingerprint density at radius 2 is 1.88 bits per heavy atom. The van der Waals surface area contributed by atoms with Crippen LogP contribution in [-0.4, -0.2) is 12.2 Å². The molecule has 1 heterocycles. The Balaban J connectivity index is 1.93. The van der Waals surface area contributed by atoms with E-state index in [-0.39, 0.29) is 0 Å². The van der Waals surface area contributed by atoms with Gasteiger partial charge < -0.3 is 4.74 Å². The molecule has 0 aromatic carbocycles. The van der Waals surface area contributed by atoms with Gasteiger partial charge in [0.15, 0.2) is 0 Å². The largest absolute Gasteiger partial charge is 0.369 e. The molecule has 0 aromatic rings. The third-order valence-corrected chi connectivity index (χ3v) is 3.04. The Morgan fingerprint density at radius 3 is 2.65 bits per heavy atom. The third kappa shape index (κ3) is 7.17. The Labute approximate surface area is 106 Å². The van der Waals surface area contributed by atoms with Gasteiger partial charge in [0.05, 0.1) is 12.2 Å². The predicted molar refractivity (Wildman–Crippen MR) is 75.1 cm³/mol. The summed E-state index contributed by atoms with van der Waals surface area (Å²) in [5.41, 5.74) is 0. The normalized spacial score (nSPS) is 23.6. The summed E-state index contributed by atoms with van der Waals surface area (Å²) in [6.45, 7) is 5.90. The SMILES string of the molecule is C=CCCCCC1OC1C/C=C/C/C=C/CC. The van der Waals surface area contributed by atoms with Crippen LogP contribution in [0.4, 0.5) is 0 Å². The smallest absolute Gasteiger partial charge is 0.0876 e. The fraction of sp³-hybridized carbons (Fsp3) is 0.625. The molecule has 2 atom stereocenters. The van der Waals surface area contributed by atoms with Crippen LogP contribution in [0.5, 0.6) is 0 Å². The second-order valence-electron chi connectivity index (χ2n) is 4.61. The van der Waals surface area contributed by atoms with Gasteiger partial charge in [0.1, 0.15) is 0 Å². The lowest BCUT2D eigenvalue weighted by Crippen LogP contribution is -1.92. The van der Waals surface area contributed by atoms with Crippen molar-refractivity contribution >= 4 is 0 Å². The minimum Gasteiger partial charge on any atom is -0.369 e. The molecule has 0 aliphatic carbocycles. The number of rotatable bonds is 10. The van der Waals surface area contributed by atoms with Gasteiger partial charge in [-0.3, -0.25) is 0 Å². The van der Waals surface area contributed by atoms with Gasteiger partial charge in [-0.2, -0.15) is 0 Å². The maximum Gasteiger partial charge on any atom is 0.0876 e. The van der Waals surface area contributed by atoms with Crippen molar-refractivity contribution in [1.82, 2.24) is 0 Å². The van der Waals surface area contributed by atoms with E-state index in [0.29, 0.717) is 12.2 Å². The molecule has 0 amide bonds. The van der Waals surface area contributed by atoms with E-state index in [1.165, 1.54) is 19.3 Å². The lowest BCUT2D eigenvalue weighted by atomic mass is 10.1. The van der Waals surface area contributed by atoms with Gasteiger partial charge in [0.25, 0.3) is 0 Å². The van der Waals surface area contributed by atoms with Crippen molar-refractivity contribution in [1.29, 1.82) is 0 Å². The van der Waals surface area contributed by atoms with Crippen LogP contribution in [0.25, 0.3) is 0 Å². The van der Waals surface area contributed by atoms with Crippen molar-refractivity contribution in [3.63, 3.8) is 0 Å². The average molecular weight is 234 g/mol. The minimum absolute atomic E-state index is 0.505. The topological polar surface area (TPSA) is 12.5 Å². The van der Waals surface area contributed by atoms with Crippen molar-refractivity contribution in [2.45, 2.75) is 64.1 Å². The zero-order valence-corrected chi connectivity index (χ0v) is 11.1. The molecule has 2 unspecified atom stereocenters. The van der Waals surface area contributed by atoms with Gasteiger partial charge in [-0.15, -0.1) is 6.58 Å². The fourth-order valence-corrected chi connectivity index (χ4v) is 1.94. The molecule has 0 N–H and O–H groups in total. The number of hydrogen-bond donors (Lipinski definition) is 0. The van der Waals surface area contributed by atoms with Gasteiger partial charge in [-0.25, -0.2) is 0 Å². The molecule has 1 rings (SSSR count). The molecule has 96 valence electrons. The van der Waals surface area contributed by atoms with Gasteiger partial charge >= 0.3 is 0 Å². The molecular weight excluding hydrogens is 208 g/mol. The summed E-state index contributed by atoms with van der Waals surface area (Å²) in [6.07, 6.45) is 20.1. The van der Waals surface area contributed by atoms with Crippen LogP contribution in [0, 0.1) is 0 Å². The van der Waals surface area contributed by atoms with Gasteiger partial charge in [-0.05, 0) is 38.5 Å². The molecule has 0 radical (unpaired) electrons. The maximum atomic E-state index is 5.63. The fourth-order valence-electron chi connectivity index (χ4n) is 1.94. The number of ether oxygens (including phenoxy) is 1. The first-order valence-electron chi connectivity index (χ1n) is 6.94. The molecular formula is C16H26O. The van der Waals surface area contributed by atoms with E-state index in [0.717, 1.165) is 25.7 Å². The van der Waals surface area contributed by atoms with Crippen molar-refractivity contribution in [3.8, 4) is 0 Å². The van der Waals surface area contributed by atoms with E-state index in [4.69, 9.17) is 4.74 Å². The Bertz CT molecular complexity index is 252. The van der Waals surface area contributed by atoms with Crippen molar-refractivity contribution in [2.24, 2.45) is 0 Å². The first-order valence-corrected chi connectivity index (χ1v) is 6.94. The molecule has 1 aliphatic heterocycles.